The van der Waals surface area contributed by atoms with Crippen LogP contribution in [0.2, 0.25) is 0 Å². The summed E-state index contributed by atoms with van der Waals surface area (Å²) in [4.78, 5) is 27.6. The maximum atomic E-state index is 11.6. The molecule has 0 bridgehead atoms. The maximum Gasteiger partial charge on any atom is 0.326 e. The zero-order valence-electron chi connectivity index (χ0n) is 10.8. The Morgan fingerprint density at radius 2 is 2.30 bits per heavy atom. The molecule has 1 saturated carbocycles. The Morgan fingerprint density at radius 3 is 3.00 bits per heavy atom. The largest absolute Gasteiger partial charge is 0.480 e. The lowest BCUT2D eigenvalue weighted by atomic mass is 9.94. The Balaban J connectivity index is 2.01. The third-order valence-electron chi connectivity index (χ3n) is 4.43. The summed E-state index contributed by atoms with van der Waals surface area (Å²) in [7, 11) is 0. The number of carboxylic acids is 1. The van der Waals surface area contributed by atoms with Crippen molar-refractivity contribution in [2.45, 2.75) is 25.3 Å². The monoisotopic (exact) mass is 277 g/mol. The number of pyridine rings is 1. The second-order valence-corrected chi connectivity index (χ2v) is 5.41. The fourth-order valence-corrected chi connectivity index (χ4v) is 3.63. The molecule has 2 fully saturated rings. The zero-order chi connectivity index (χ0) is 14.3. The molecule has 1 N–H and O–H groups in total. The van der Waals surface area contributed by atoms with E-state index >= 15 is 0 Å². The van der Waals surface area contributed by atoms with Crippen molar-refractivity contribution in [2.24, 2.45) is 11.8 Å². The predicted molar refractivity (Wildman–Crippen MR) is 70.5 cm³/mol. The summed E-state index contributed by atoms with van der Waals surface area (Å²) in [5.74, 6) is -0.477. The number of aliphatic carboxylic acids is 1. The van der Waals surface area contributed by atoms with Crippen LogP contribution in [0.25, 0.3) is 0 Å². The minimum absolute atomic E-state index is 0.0975. The molecular weight excluding hydrogens is 262 g/mol. The van der Waals surface area contributed by atoms with Crippen molar-refractivity contribution in [3.63, 3.8) is 0 Å². The molecule has 0 amide bonds. The molecule has 1 aliphatic carbocycles. The van der Waals surface area contributed by atoms with E-state index in [-0.39, 0.29) is 11.6 Å². The highest BCUT2D eigenvalue weighted by Crippen LogP contribution is 2.45. The minimum Gasteiger partial charge on any atom is -0.480 e. The van der Waals surface area contributed by atoms with Gasteiger partial charge in [-0.2, -0.15) is 0 Å². The van der Waals surface area contributed by atoms with Gasteiger partial charge in [-0.05, 0) is 30.7 Å². The first kappa shape index (κ1) is 12.8. The van der Waals surface area contributed by atoms with Gasteiger partial charge in [0.1, 0.15) is 17.9 Å². The van der Waals surface area contributed by atoms with Crippen LogP contribution in [0.4, 0.5) is 11.4 Å². The molecule has 1 saturated heterocycles. The summed E-state index contributed by atoms with van der Waals surface area (Å²) >= 11 is 0. The quantitative estimate of drug-likeness (QED) is 0.667. The molecule has 3 unspecified atom stereocenters. The number of carbonyl (C=O) groups is 1. The molecule has 1 aromatic heterocycles. The Hall–Kier alpha value is -2.18. The van der Waals surface area contributed by atoms with Crippen molar-refractivity contribution < 1.29 is 14.8 Å². The molecule has 0 aromatic carbocycles. The summed E-state index contributed by atoms with van der Waals surface area (Å²) in [6.07, 6.45) is 5.59. The average Bonchev–Trinajstić information content (AvgIpc) is 2.97. The summed E-state index contributed by atoms with van der Waals surface area (Å²) in [6, 6.07) is 0.873. The van der Waals surface area contributed by atoms with E-state index in [0.717, 1.165) is 19.3 Å². The highest BCUT2D eigenvalue weighted by molar-refractivity contribution is 5.81. The first-order valence-corrected chi connectivity index (χ1v) is 6.67. The van der Waals surface area contributed by atoms with Crippen LogP contribution >= 0.6 is 0 Å². The van der Waals surface area contributed by atoms with Gasteiger partial charge in [0.25, 0.3) is 0 Å². The average molecular weight is 277 g/mol. The lowest BCUT2D eigenvalue weighted by Gasteiger charge is -2.25. The van der Waals surface area contributed by atoms with Crippen LogP contribution in [0.15, 0.2) is 18.5 Å². The predicted octanol–water partition coefficient (Wildman–Crippen LogP) is 1.68. The molecule has 3 atom stereocenters. The molecule has 1 aromatic rings. The van der Waals surface area contributed by atoms with Crippen LogP contribution in [0.5, 0.6) is 0 Å². The Labute approximate surface area is 115 Å². The van der Waals surface area contributed by atoms with Gasteiger partial charge in [0.2, 0.25) is 0 Å². The Kier molecular flexibility index (Phi) is 3.04. The molecule has 2 heterocycles. The van der Waals surface area contributed by atoms with Gasteiger partial charge >= 0.3 is 11.7 Å². The van der Waals surface area contributed by atoms with Crippen molar-refractivity contribution in [2.75, 3.05) is 11.4 Å². The van der Waals surface area contributed by atoms with Gasteiger partial charge in [-0.1, -0.05) is 6.42 Å². The lowest BCUT2D eigenvalue weighted by Crippen LogP contribution is -2.40. The molecule has 2 aliphatic rings. The molecule has 7 nitrogen and oxygen atoms in total. The van der Waals surface area contributed by atoms with Gasteiger partial charge in [0.15, 0.2) is 0 Å². The SMILES string of the molecule is O=C(O)C1C2CCCC2CN1c1ccncc1[N+](=O)[O-]. The van der Waals surface area contributed by atoms with Crippen LogP contribution in [-0.2, 0) is 4.79 Å². The minimum atomic E-state index is -0.898. The number of aromatic nitrogens is 1. The van der Waals surface area contributed by atoms with Crippen LogP contribution in [-0.4, -0.2) is 33.6 Å². The van der Waals surface area contributed by atoms with E-state index in [1.807, 2.05) is 0 Å². The third-order valence-corrected chi connectivity index (χ3v) is 4.43. The standard InChI is InChI=1S/C13H15N3O4/c17-13(18)12-9-3-1-2-8(9)7-15(12)10-4-5-14-6-11(10)16(19)20/h4-6,8-9,12H,1-3,7H2,(H,17,18). The highest BCUT2D eigenvalue weighted by atomic mass is 16.6. The number of nitro groups is 1. The normalized spacial score (nSPS) is 28.4. The number of carboxylic acid groups (broad SMARTS) is 1. The topological polar surface area (TPSA) is 96.6 Å². The van der Waals surface area contributed by atoms with E-state index in [0.29, 0.717) is 18.2 Å². The lowest BCUT2D eigenvalue weighted by molar-refractivity contribution is -0.384. The summed E-state index contributed by atoms with van der Waals surface area (Å²) in [6.45, 7) is 0.576. The van der Waals surface area contributed by atoms with Gasteiger partial charge < -0.3 is 10.0 Å². The smallest absolute Gasteiger partial charge is 0.326 e. The van der Waals surface area contributed by atoms with Gasteiger partial charge in [0.05, 0.1) is 4.92 Å². The van der Waals surface area contributed by atoms with Gasteiger partial charge in [-0.15, -0.1) is 0 Å². The molecule has 7 heteroatoms. The van der Waals surface area contributed by atoms with Crippen LogP contribution in [0.3, 0.4) is 0 Å². The number of fused-ring (bicyclic) bond motifs is 1. The number of hydrogen-bond acceptors (Lipinski definition) is 5. The second-order valence-electron chi connectivity index (χ2n) is 5.41. The Morgan fingerprint density at radius 1 is 1.50 bits per heavy atom. The van der Waals surface area contributed by atoms with Crippen molar-refractivity contribution in [1.82, 2.24) is 4.98 Å². The zero-order valence-corrected chi connectivity index (χ0v) is 10.8. The maximum absolute atomic E-state index is 11.6. The van der Waals surface area contributed by atoms with E-state index in [4.69, 9.17) is 0 Å². The first-order valence-electron chi connectivity index (χ1n) is 6.67. The van der Waals surface area contributed by atoms with Gasteiger partial charge in [-0.25, -0.2) is 4.79 Å². The van der Waals surface area contributed by atoms with Crippen molar-refractivity contribution in [3.8, 4) is 0 Å². The third kappa shape index (κ3) is 1.90. The molecule has 20 heavy (non-hydrogen) atoms. The number of anilines is 1. The molecule has 0 radical (unpaired) electrons. The van der Waals surface area contributed by atoms with E-state index in [9.17, 15) is 20.0 Å². The van der Waals surface area contributed by atoms with E-state index in [2.05, 4.69) is 4.98 Å². The first-order chi connectivity index (χ1) is 9.59. The van der Waals surface area contributed by atoms with E-state index in [1.165, 1.54) is 18.5 Å². The van der Waals surface area contributed by atoms with Crippen molar-refractivity contribution in [3.05, 3.63) is 28.6 Å². The Bertz CT molecular complexity index is 562. The summed E-state index contributed by atoms with van der Waals surface area (Å²) in [5, 5.41) is 20.6. The molecule has 106 valence electrons. The summed E-state index contributed by atoms with van der Waals surface area (Å²) in [5.41, 5.74) is 0.241. The molecule has 3 rings (SSSR count). The molecular formula is C13H15N3O4. The van der Waals surface area contributed by atoms with Crippen LogP contribution in [0, 0.1) is 22.0 Å². The molecule has 0 spiro atoms. The number of nitrogens with zero attached hydrogens (tertiary/aromatic N) is 3. The van der Waals surface area contributed by atoms with Crippen molar-refractivity contribution in [1.29, 1.82) is 0 Å². The van der Waals surface area contributed by atoms with E-state index in [1.54, 1.807) is 4.90 Å². The van der Waals surface area contributed by atoms with Crippen molar-refractivity contribution >= 4 is 17.3 Å². The fourth-order valence-electron chi connectivity index (χ4n) is 3.63. The van der Waals surface area contributed by atoms with Crippen LogP contribution < -0.4 is 4.90 Å². The van der Waals surface area contributed by atoms with Crippen LogP contribution in [0.1, 0.15) is 19.3 Å². The highest BCUT2D eigenvalue weighted by Gasteiger charge is 2.49. The fraction of sp³-hybridized carbons (Fsp3) is 0.538. The van der Waals surface area contributed by atoms with E-state index < -0.39 is 16.9 Å². The number of hydrogen-bond donors (Lipinski definition) is 1. The second kappa shape index (κ2) is 4.73. The number of rotatable bonds is 3. The van der Waals surface area contributed by atoms with Gasteiger partial charge in [-0.3, -0.25) is 15.1 Å². The molecule has 1 aliphatic heterocycles. The summed E-state index contributed by atoms with van der Waals surface area (Å²) < 4.78 is 0. The van der Waals surface area contributed by atoms with Gasteiger partial charge in [0, 0.05) is 12.7 Å².